The summed E-state index contributed by atoms with van der Waals surface area (Å²) in [5.41, 5.74) is 0.269. The van der Waals surface area contributed by atoms with Crippen molar-refractivity contribution >= 4 is 11.0 Å². The number of rotatable bonds is 2. The van der Waals surface area contributed by atoms with Gasteiger partial charge in [0.1, 0.15) is 17.3 Å². The van der Waals surface area contributed by atoms with Crippen molar-refractivity contribution in [3.63, 3.8) is 0 Å². The molecule has 0 bridgehead atoms. The minimum atomic E-state index is -0.810. The predicted molar refractivity (Wildman–Crippen MR) is 67.9 cm³/mol. The van der Waals surface area contributed by atoms with E-state index in [9.17, 15) is 9.90 Å². The Bertz CT molecular complexity index is 640. The number of fused-ring (bicyclic) bond motifs is 1. The maximum atomic E-state index is 11.9. The summed E-state index contributed by atoms with van der Waals surface area (Å²) >= 11 is 0. The molecular weight excluding hydrogens is 248 g/mol. The van der Waals surface area contributed by atoms with Crippen molar-refractivity contribution in [1.29, 1.82) is 0 Å². The topological polar surface area (TPSA) is 93.0 Å². The zero-order chi connectivity index (χ0) is 13.4. The van der Waals surface area contributed by atoms with Gasteiger partial charge >= 0.3 is 0 Å². The van der Waals surface area contributed by atoms with E-state index in [1.807, 2.05) is 0 Å². The van der Waals surface area contributed by atoms with Gasteiger partial charge < -0.3 is 14.8 Å². The number of hydrogen-bond donors (Lipinski definition) is 2. The van der Waals surface area contributed by atoms with E-state index in [2.05, 4.69) is 15.1 Å². The van der Waals surface area contributed by atoms with Gasteiger partial charge in [-0.25, -0.2) is 9.67 Å². The van der Waals surface area contributed by atoms with E-state index in [1.165, 1.54) is 6.20 Å². The normalized spacial score (nSPS) is 18.8. The third-order valence-electron chi connectivity index (χ3n) is 3.41. The molecule has 1 saturated heterocycles. The van der Waals surface area contributed by atoms with Crippen molar-refractivity contribution in [2.24, 2.45) is 0 Å². The highest BCUT2D eigenvalue weighted by atomic mass is 16.5. The van der Waals surface area contributed by atoms with Crippen molar-refractivity contribution in [3.8, 4) is 0 Å². The van der Waals surface area contributed by atoms with Gasteiger partial charge in [-0.15, -0.1) is 0 Å². The molecule has 7 heteroatoms. The first-order valence-electron chi connectivity index (χ1n) is 6.40. The number of aliphatic hydroxyl groups excluding tert-OH is 1. The Labute approximate surface area is 109 Å². The zero-order valence-electron chi connectivity index (χ0n) is 10.7. The summed E-state index contributed by atoms with van der Waals surface area (Å²) in [7, 11) is 0. The maximum absolute atomic E-state index is 11.9. The second-order valence-electron chi connectivity index (χ2n) is 4.80. The van der Waals surface area contributed by atoms with Crippen molar-refractivity contribution in [2.45, 2.75) is 31.9 Å². The predicted octanol–water partition coefficient (Wildman–Crippen LogP) is 0.524. The Morgan fingerprint density at radius 1 is 1.53 bits per heavy atom. The van der Waals surface area contributed by atoms with E-state index in [1.54, 1.807) is 11.6 Å². The molecule has 1 aliphatic heterocycles. The molecule has 0 aromatic carbocycles. The first kappa shape index (κ1) is 12.3. The summed E-state index contributed by atoms with van der Waals surface area (Å²) in [5, 5.41) is 14.3. The number of aromatic nitrogens is 4. The van der Waals surface area contributed by atoms with Crippen LogP contribution in [-0.4, -0.2) is 38.1 Å². The average molecular weight is 264 g/mol. The van der Waals surface area contributed by atoms with Crippen LogP contribution in [0.1, 0.15) is 37.7 Å². The molecule has 3 rings (SSSR count). The van der Waals surface area contributed by atoms with Gasteiger partial charge in [-0.3, -0.25) is 4.79 Å². The van der Waals surface area contributed by atoms with Crippen molar-refractivity contribution in [3.05, 3.63) is 22.4 Å². The molecule has 0 radical (unpaired) electrons. The van der Waals surface area contributed by atoms with Crippen LogP contribution in [0.4, 0.5) is 0 Å². The van der Waals surface area contributed by atoms with Gasteiger partial charge in [-0.1, -0.05) is 0 Å². The molecule has 0 unspecified atom stereocenters. The molecule has 1 fully saturated rings. The summed E-state index contributed by atoms with van der Waals surface area (Å²) in [6, 6.07) is 0.197. The Hall–Kier alpha value is -1.73. The number of ether oxygens (including phenoxy) is 1. The SMILES string of the molecule is C[C@H](O)c1nc2c(cnn2C2CCOCC2)c(=O)[nH]1. The van der Waals surface area contributed by atoms with Crippen LogP contribution in [0.5, 0.6) is 0 Å². The quantitative estimate of drug-likeness (QED) is 0.825. The van der Waals surface area contributed by atoms with E-state index in [4.69, 9.17) is 4.74 Å². The second kappa shape index (κ2) is 4.75. The van der Waals surface area contributed by atoms with E-state index >= 15 is 0 Å². The summed E-state index contributed by atoms with van der Waals surface area (Å²) in [6.45, 7) is 2.95. The monoisotopic (exact) mass is 264 g/mol. The maximum Gasteiger partial charge on any atom is 0.262 e. The third kappa shape index (κ3) is 2.15. The van der Waals surface area contributed by atoms with Crippen LogP contribution in [0.2, 0.25) is 0 Å². The molecular formula is C12H16N4O3. The second-order valence-corrected chi connectivity index (χ2v) is 4.80. The molecule has 102 valence electrons. The zero-order valence-corrected chi connectivity index (χ0v) is 10.7. The number of aromatic amines is 1. The van der Waals surface area contributed by atoms with Crippen molar-refractivity contribution in [2.75, 3.05) is 13.2 Å². The number of hydrogen-bond acceptors (Lipinski definition) is 5. The van der Waals surface area contributed by atoms with Crippen molar-refractivity contribution in [1.82, 2.24) is 19.7 Å². The average Bonchev–Trinajstić information content (AvgIpc) is 2.84. The first-order chi connectivity index (χ1) is 9.16. The van der Waals surface area contributed by atoms with Crippen LogP contribution in [0.25, 0.3) is 11.0 Å². The standard InChI is InChI=1S/C12H16N4O3/c1-7(17)10-14-11-9(12(18)15-10)6-13-16(11)8-2-4-19-5-3-8/h6-8,17H,2-5H2,1H3,(H,14,15,18)/t7-/m0/s1. The summed E-state index contributed by atoms with van der Waals surface area (Å²) in [4.78, 5) is 18.8. The van der Waals surface area contributed by atoms with Gasteiger partial charge in [0.15, 0.2) is 5.65 Å². The van der Waals surface area contributed by atoms with Crippen LogP contribution in [0.3, 0.4) is 0 Å². The Balaban J connectivity index is 2.12. The summed E-state index contributed by atoms with van der Waals surface area (Å²) in [5.74, 6) is 0.270. The first-order valence-corrected chi connectivity index (χ1v) is 6.40. The summed E-state index contributed by atoms with van der Waals surface area (Å²) < 4.78 is 7.10. The Morgan fingerprint density at radius 2 is 2.26 bits per heavy atom. The molecule has 0 spiro atoms. The molecule has 2 aromatic rings. The highest BCUT2D eigenvalue weighted by Gasteiger charge is 2.21. The number of aliphatic hydroxyl groups is 1. The van der Waals surface area contributed by atoms with E-state index < -0.39 is 6.10 Å². The highest BCUT2D eigenvalue weighted by Crippen LogP contribution is 2.23. The number of nitrogens with zero attached hydrogens (tertiary/aromatic N) is 3. The largest absolute Gasteiger partial charge is 0.385 e. The van der Waals surface area contributed by atoms with Gasteiger partial charge in [0.25, 0.3) is 5.56 Å². The van der Waals surface area contributed by atoms with E-state index in [0.29, 0.717) is 24.2 Å². The van der Waals surface area contributed by atoms with E-state index in [-0.39, 0.29) is 17.4 Å². The van der Waals surface area contributed by atoms with Gasteiger partial charge in [0.2, 0.25) is 0 Å². The van der Waals surface area contributed by atoms with Gasteiger partial charge in [-0.2, -0.15) is 5.10 Å². The molecule has 3 heterocycles. The lowest BCUT2D eigenvalue weighted by molar-refractivity contribution is 0.0673. The highest BCUT2D eigenvalue weighted by molar-refractivity contribution is 5.73. The smallest absolute Gasteiger partial charge is 0.262 e. The molecule has 0 amide bonds. The van der Waals surface area contributed by atoms with Gasteiger partial charge in [0, 0.05) is 13.2 Å². The molecule has 7 nitrogen and oxygen atoms in total. The fourth-order valence-electron chi connectivity index (χ4n) is 2.35. The van der Waals surface area contributed by atoms with Crippen LogP contribution in [0, 0.1) is 0 Å². The minimum absolute atomic E-state index is 0.197. The van der Waals surface area contributed by atoms with Gasteiger partial charge in [0.05, 0.1) is 12.2 Å². The molecule has 0 aliphatic carbocycles. The lowest BCUT2D eigenvalue weighted by atomic mass is 10.1. The fourth-order valence-corrected chi connectivity index (χ4v) is 2.35. The van der Waals surface area contributed by atoms with Crippen LogP contribution >= 0.6 is 0 Å². The minimum Gasteiger partial charge on any atom is -0.385 e. The van der Waals surface area contributed by atoms with E-state index in [0.717, 1.165) is 12.8 Å². The Morgan fingerprint density at radius 3 is 2.95 bits per heavy atom. The molecule has 2 aromatic heterocycles. The Kier molecular flexibility index (Phi) is 3.08. The van der Waals surface area contributed by atoms with Crippen LogP contribution in [0.15, 0.2) is 11.0 Å². The lowest BCUT2D eigenvalue weighted by Crippen LogP contribution is -2.22. The molecule has 19 heavy (non-hydrogen) atoms. The lowest BCUT2D eigenvalue weighted by Gasteiger charge is -2.22. The van der Waals surface area contributed by atoms with Gasteiger partial charge in [-0.05, 0) is 19.8 Å². The molecule has 1 atom stereocenters. The molecule has 2 N–H and O–H groups in total. The fraction of sp³-hybridized carbons (Fsp3) is 0.583. The molecule has 1 aliphatic rings. The van der Waals surface area contributed by atoms with Crippen molar-refractivity contribution < 1.29 is 9.84 Å². The summed E-state index contributed by atoms with van der Waals surface area (Å²) in [6.07, 6.45) is 2.43. The number of nitrogens with one attached hydrogen (secondary N) is 1. The van der Waals surface area contributed by atoms with Crippen LogP contribution in [-0.2, 0) is 4.74 Å². The van der Waals surface area contributed by atoms with Crippen LogP contribution < -0.4 is 5.56 Å². The third-order valence-corrected chi connectivity index (χ3v) is 3.41. The number of H-pyrrole nitrogens is 1. The molecule has 0 saturated carbocycles.